The summed E-state index contributed by atoms with van der Waals surface area (Å²) in [5.74, 6) is -2.33. The molecule has 2 unspecified atom stereocenters. The Morgan fingerprint density at radius 3 is 1.07 bits per heavy atom. The Bertz CT molecular complexity index is 1690. The van der Waals surface area contributed by atoms with E-state index < -0.39 is 24.3 Å². The Hall–Kier alpha value is -4.57. The fraction of sp³-hybridized carbons (Fsp3) is 0.621. The Kier molecular flexibility index (Phi) is 52.3. The summed E-state index contributed by atoms with van der Waals surface area (Å²) in [6.45, 7) is 4.48. The average molecular weight is 1040 g/mol. The van der Waals surface area contributed by atoms with Crippen molar-refractivity contribution in [3.63, 3.8) is 0 Å². The maximum Gasteiger partial charge on any atom is 0.306 e. The summed E-state index contributed by atoms with van der Waals surface area (Å²) in [6, 6.07) is 0. The molecule has 9 nitrogen and oxygen atoms in total. The lowest BCUT2D eigenvalue weighted by Gasteiger charge is -2.26. The molecule has 0 aromatic rings. The second kappa shape index (κ2) is 55.7. The van der Waals surface area contributed by atoms with Crippen LogP contribution in [0.25, 0.3) is 0 Å². The number of carbonyl (C=O) groups excluding carboxylic acids is 3. The largest absolute Gasteiger partial charge is 0.545 e. The summed E-state index contributed by atoms with van der Waals surface area (Å²) >= 11 is 0. The van der Waals surface area contributed by atoms with Gasteiger partial charge >= 0.3 is 11.9 Å². The van der Waals surface area contributed by atoms with Gasteiger partial charge in [0, 0.05) is 12.8 Å². The molecule has 0 aromatic carbocycles. The molecule has 0 saturated heterocycles. The van der Waals surface area contributed by atoms with Gasteiger partial charge in [-0.05, 0) is 109 Å². The predicted octanol–water partition coefficient (Wildman–Crippen LogP) is 16.1. The van der Waals surface area contributed by atoms with E-state index in [-0.39, 0.29) is 38.6 Å². The van der Waals surface area contributed by atoms with Crippen molar-refractivity contribution >= 4 is 17.9 Å². The maximum absolute atomic E-state index is 12.9. The van der Waals surface area contributed by atoms with Gasteiger partial charge in [0.2, 0.25) is 0 Å². The zero-order chi connectivity index (χ0) is 54.8. The lowest BCUT2D eigenvalue weighted by molar-refractivity contribution is -0.870. The molecular formula is C66H107NO8. The van der Waals surface area contributed by atoms with E-state index in [1.807, 2.05) is 21.1 Å². The van der Waals surface area contributed by atoms with Gasteiger partial charge in [-0.1, -0.05) is 218 Å². The van der Waals surface area contributed by atoms with Crippen LogP contribution in [0.1, 0.15) is 206 Å². The van der Waals surface area contributed by atoms with Crippen molar-refractivity contribution in [2.45, 2.75) is 219 Å². The fourth-order valence-corrected chi connectivity index (χ4v) is 7.45. The lowest BCUT2D eigenvalue weighted by Crippen LogP contribution is -2.44. The van der Waals surface area contributed by atoms with Gasteiger partial charge in [-0.15, -0.1) is 0 Å². The highest BCUT2D eigenvalue weighted by molar-refractivity contribution is 5.70. The molecule has 0 rings (SSSR count). The van der Waals surface area contributed by atoms with Crippen molar-refractivity contribution in [1.82, 2.24) is 0 Å². The molecule has 0 aliphatic heterocycles. The van der Waals surface area contributed by atoms with Crippen LogP contribution in [-0.4, -0.2) is 82.3 Å². The maximum atomic E-state index is 12.9. The number of hydrogen-bond acceptors (Lipinski definition) is 8. The quantitative estimate of drug-likeness (QED) is 0.0195. The van der Waals surface area contributed by atoms with E-state index in [4.69, 9.17) is 18.9 Å². The first-order valence-electron chi connectivity index (χ1n) is 29.3. The van der Waals surface area contributed by atoms with Crippen LogP contribution in [0, 0.1) is 0 Å². The number of allylic oxidation sites excluding steroid dienone is 22. The van der Waals surface area contributed by atoms with Crippen molar-refractivity contribution in [2.75, 3.05) is 47.5 Å². The van der Waals surface area contributed by atoms with Crippen LogP contribution in [0.4, 0.5) is 0 Å². The van der Waals surface area contributed by atoms with Crippen molar-refractivity contribution in [3.05, 3.63) is 134 Å². The molecule has 9 heteroatoms. The number of nitrogens with zero attached hydrogens (tertiary/aromatic N) is 1. The summed E-state index contributed by atoms with van der Waals surface area (Å²) in [7, 11) is 5.90. The molecule has 0 saturated carbocycles. The molecule has 0 aliphatic carbocycles. The van der Waals surface area contributed by atoms with Gasteiger partial charge in [0.25, 0.3) is 0 Å². The van der Waals surface area contributed by atoms with E-state index in [9.17, 15) is 19.5 Å². The lowest BCUT2D eigenvalue weighted by atomic mass is 10.1. The number of hydrogen-bond donors (Lipinski definition) is 0. The first-order valence-corrected chi connectivity index (χ1v) is 29.3. The van der Waals surface area contributed by atoms with Crippen LogP contribution in [0.2, 0.25) is 0 Å². The molecular weight excluding hydrogens is 935 g/mol. The van der Waals surface area contributed by atoms with Crippen LogP contribution in [0.5, 0.6) is 0 Å². The van der Waals surface area contributed by atoms with Crippen molar-refractivity contribution in [3.8, 4) is 0 Å². The highest BCUT2D eigenvalue weighted by Crippen LogP contribution is 2.14. The number of carbonyl (C=O) groups is 3. The van der Waals surface area contributed by atoms with Gasteiger partial charge in [-0.2, -0.15) is 0 Å². The minimum absolute atomic E-state index is 0.135. The van der Waals surface area contributed by atoms with E-state index in [1.54, 1.807) is 0 Å². The first kappa shape index (κ1) is 70.4. The number of unbranched alkanes of at least 4 members (excludes halogenated alkanes) is 15. The Labute approximate surface area is 459 Å². The van der Waals surface area contributed by atoms with Gasteiger partial charge in [-0.25, -0.2) is 0 Å². The zero-order valence-corrected chi connectivity index (χ0v) is 48.1. The SMILES string of the molecule is CC/C=C\C/C=C\C/C=C\C/C=C\C/C=C\C/C=C\CCCCCCCCC(=O)OC(COC(=O)CCCCCCCCCCC/C=C\C/C=C\C/C=C\C/C=C\C/C=C\CC)COC(OCC[N+](C)(C)C)C(=O)[O-]. The molecule has 424 valence electrons. The van der Waals surface area contributed by atoms with E-state index in [1.165, 1.54) is 32.1 Å². The predicted molar refractivity (Wildman–Crippen MR) is 315 cm³/mol. The fourth-order valence-electron chi connectivity index (χ4n) is 7.45. The number of carboxylic acid groups (broad SMARTS) is 1. The summed E-state index contributed by atoms with van der Waals surface area (Å²) in [5.41, 5.74) is 0. The zero-order valence-electron chi connectivity index (χ0n) is 48.1. The molecule has 2 atom stereocenters. The number of esters is 2. The normalized spacial score (nSPS) is 13.8. The van der Waals surface area contributed by atoms with Crippen LogP contribution in [0.15, 0.2) is 134 Å². The van der Waals surface area contributed by atoms with Gasteiger partial charge < -0.3 is 33.3 Å². The van der Waals surface area contributed by atoms with Gasteiger partial charge in [-0.3, -0.25) is 9.59 Å². The van der Waals surface area contributed by atoms with Crippen LogP contribution < -0.4 is 5.11 Å². The van der Waals surface area contributed by atoms with Crippen molar-refractivity contribution in [1.29, 1.82) is 0 Å². The van der Waals surface area contributed by atoms with Crippen molar-refractivity contribution in [2.24, 2.45) is 0 Å². The number of rotatable bonds is 52. The Morgan fingerprint density at radius 1 is 0.400 bits per heavy atom. The van der Waals surface area contributed by atoms with E-state index in [2.05, 4.69) is 148 Å². The minimum Gasteiger partial charge on any atom is -0.545 e. The Morgan fingerprint density at radius 2 is 0.720 bits per heavy atom. The number of quaternary nitrogens is 1. The molecule has 0 radical (unpaired) electrons. The van der Waals surface area contributed by atoms with Crippen molar-refractivity contribution < 1.29 is 42.9 Å². The highest BCUT2D eigenvalue weighted by atomic mass is 16.7. The van der Waals surface area contributed by atoms with E-state index >= 15 is 0 Å². The van der Waals surface area contributed by atoms with Crippen LogP contribution in [0.3, 0.4) is 0 Å². The topological polar surface area (TPSA) is 111 Å². The van der Waals surface area contributed by atoms with Gasteiger partial charge in [0.1, 0.15) is 13.2 Å². The second-order valence-electron chi connectivity index (χ2n) is 20.2. The second-order valence-corrected chi connectivity index (χ2v) is 20.2. The van der Waals surface area contributed by atoms with Crippen LogP contribution >= 0.6 is 0 Å². The summed E-state index contributed by atoms with van der Waals surface area (Å²) < 4.78 is 22.7. The molecule has 0 aromatic heterocycles. The molecule has 0 fully saturated rings. The number of ether oxygens (including phenoxy) is 4. The number of aliphatic carboxylic acids is 1. The third kappa shape index (κ3) is 57.0. The van der Waals surface area contributed by atoms with Gasteiger partial charge in [0.15, 0.2) is 12.4 Å². The third-order valence-corrected chi connectivity index (χ3v) is 11.9. The smallest absolute Gasteiger partial charge is 0.306 e. The summed E-state index contributed by atoms with van der Waals surface area (Å²) in [4.78, 5) is 37.3. The highest BCUT2D eigenvalue weighted by Gasteiger charge is 2.22. The average Bonchev–Trinajstić information content (AvgIpc) is 3.38. The van der Waals surface area contributed by atoms with Gasteiger partial charge in [0.05, 0.1) is 40.3 Å². The molecule has 0 bridgehead atoms. The molecule has 0 heterocycles. The monoisotopic (exact) mass is 1040 g/mol. The first-order chi connectivity index (χ1) is 36.6. The van der Waals surface area contributed by atoms with E-state index in [0.29, 0.717) is 17.4 Å². The molecule has 0 spiro atoms. The standard InChI is InChI=1S/C66H107NO8/c1-6-8-10-12-14-16-18-20-22-24-26-28-30-32-34-36-38-40-42-44-46-48-50-52-54-56-63(68)73-60-62(61-74-66(65(70)71)72-59-58-67(3,4)5)75-64(69)57-55-53-51-49-47-45-43-41-39-37-35-33-31-29-27-25-23-21-19-17-15-13-11-9-7-2/h8-11,14-17,20-23,26-29,32-35,39,41,62,66H,6-7,12-13,18-19,24-25,30-31,36-38,40,42-61H2,1-5H3/b10-8-,11-9-,16-14-,17-15-,22-20-,23-21-,28-26-,29-27-,34-32-,35-33-,41-39-. The third-order valence-electron chi connectivity index (χ3n) is 11.9. The summed E-state index contributed by atoms with van der Waals surface area (Å²) in [5, 5.41) is 11.8. The van der Waals surface area contributed by atoms with Crippen LogP contribution in [-0.2, 0) is 33.3 Å². The Balaban J connectivity index is 4.33. The summed E-state index contributed by atoms with van der Waals surface area (Å²) in [6.07, 6.45) is 76.3. The number of carboxylic acids is 1. The molecule has 0 N–H and O–H groups in total. The molecule has 0 aliphatic rings. The molecule has 75 heavy (non-hydrogen) atoms. The number of likely N-dealkylation sites (N-methyl/N-ethyl adjacent to an activating group) is 1. The molecule has 0 amide bonds. The minimum atomic E-state index is -1.64. The van der Waals surface area contributed by atoms with E-state index in [0.717, 1.165) is 141 Å².